The van der Waals surface area contributed by atoms with Gasteiger partial charge in [0, 0.05) is 5.56 Å². The number of hydrazine groups is 1. The van der Waals surface area contributed by atoms with Crippen molar-refractivity contribution >= 4 is 32.6 Å². The number of aryl methyl sites for hydroxylation is 1. The van der Waals surface area contributed by atoms with Crippen LogP contribution in [0.15, 0.2) is 59.5 Å². The van der Waals surface area contributed by atoms with Gasteiger partial charge in [-0.25, -0.2) is 13.1 Å². The van der Waals surface area contributed by atoms with Gasteiger partial charge in [0.05, 0.1) is 4.90 Å². The van der Waals surface area contributed by atoms with Crippen molar-refractivity contribution in [3.05, 3.63) is 71.3 Å². The first-order chi connectivity index (χ1) is 15.1. The second kappa shape index (κ2) is 9.37. The molecule has 3 aromatic carbocycles. The Kier molecular flexibility index (Phi) is 6.81. The molecule has 2 amide bonds. The molecule has 0 saturated heterocycles. The molecular weight excluding hydrogens is 430 g/mol. The minimum absolute atomic E-state index is 0.00415. The van der Waals surface area contributed by atoms with Crippen LogP contribution in [0.5, 0.6) is 5.75 Å². The monoisotopic (exact) mass is 455 g/mol. The molecule has 0 aliphatic rings. The summed E-state index contributed by atoms with van der Waals surface area (Å²) in [4.78, 5) is 24.9. The number of fused-ring (bicyclic) bond motifs is 1. The number of sulfonamides is 1. The zero-order chi connectivity index (χ0) is 23.5. The maximum Gasteiger partial charge on any atom is 0.279 e. The largest absolute Gasteiger partial charge is 0.481 e. The summed E-state index contributed by atoms with van der Waals surface area (Å²) in [6.45, 7) is 4.93. The van der Waals surface area contributed by atoms with Gasteiger partial charge in [-0.1, -0.05) is 30.3 Å². The number of carbonyl (C=O) groups is 2. The fourth-order valence-electron chi connectivity index (χ4n) is 3.14. The predicted molar refractivity (Wildman–Crippen MR) is 122 cm³/mol. The molecule has 0 aromatic heterocycles. The third kappa shape index (κ3) is 5.06. The van der Waals surface area contributed by atoms with E-state index >= 15 is 0 Å². The summed E-state index contributed by atoms with van der Waals surface area (Å²) in [5.41, 5.74) is 5.89. The molecule has 1 atom stereocenters. The van der Waals surface area contributed by atoms with E-state index in [0.717, 1.165) is 10.8 Å². The average Bonchev–Trinajstić information content (AvgIpc) is 2.78. The van der Waals surface area contributed by atoms with E-state index in [9.17, 15) is 18.0 Å². The van der Waals surface area contributed by atoms with Gasteiger partial charge in [0.15, 0.2) is 6.10 Å². The van der Waals surface area contributed by atoms with E-state index in [1.54, 1.807) is 32.9 Å². The molecular formula is C23H25N3O5S. The minimum Gasteiger partial charge on any atom is -0.481 e. The smallest absolute Gasteiger partial charge is 0.279 e. The van der Waals surface area contributed by atoms with E-state index in [4.69, 9.17) is 4.74 Å². The molecule has 3 aromatic rings. The van der Waals surface area contributed by atoms with Gasteiger partial charge in [-0.2, -0.15) is 0 Å². The van der Waals surface area contributed by atoms with Gasteiger partial charge in [-0.05, 0) is 74.0 Å². The molecule has 0 radical (unpaired) electrons. The number of nitrogens with one attached hydrogen (secondary N) is 3. The Hall–Kier alpha value is -3.43. The third-order valence-corrected chi connectivity index (χ3v) is 6.68. The quantitative estimate of drug-likeness (QED) is 0.495. The van der Waals surface area contributed by atoms with E-state index < -0.39 is 27.9 Å². The van der Waals surface area contributed by atoms with Crippen LogP contribution >= 0.6 is 0 Å². The molecule has 9 heteroatoms. The van der Waals surface area contributed by atoms with Crippen LogP contribution in [0.1, 0.15) is 28.4 Å². The molecule has 0 aliphatic carbocycles. The van der Waals surface area contributed by atoms with Gasteiger partial charge in [-0.3, -0.25) is 20.4 Å². The molecule has 3 N–H and O–H groups in total. The van der Waals surface area contributed by atoms with E-state index in [0.29, 0.717) is 16.9 Å². The van der Waals surface area contributed by atoms with Crippen LogP contribution in [-0.2, 0) is 14.8 Å². The molecule has 8 nitrogen and oxygen atoms in total. The van der Waals surface area contributed by atoms with E-state index in [1.807, 2.05) is 36.4 Å². The summed E-state index contributed by atoms with van der Waals surface area (Å²) in [6, 6.07) is 16.1. The summed E-state index contributed by atoms with van der Waals surface area (Å²) >= 11 is 0. The number of ether oxygens (including phenoxy) is 1. The lowest BCUT2D eigenvalue weighted by Crippen LogP contribution is -2.47. The van der Waals surface area contributed by atoms with Crippen molar-refractivity contribution < 1.29 is 22.7 Å². The van der Waals surface area contributed by atoms with Gasteiger partial charge in [-0.15, -0.1) is 0 Å². The van der Waals surface area contributed by atoms with Gasteiger partial charge in [0.25, 0.3) is 11.8 Å². The maximum absolute atomic E-state index is 12.5. The number of hydrogen-bond acceptors (Lipinski definition) is 5. The highest BCUT2D eigenvalue weighted by molar-refractivity contribution is 7.89. The highest BCUT2D eigenvalue weighted by atomic mass is 32.2. The first-order valence-corrected chi connectivity index (χ1v) is 11.4. The van der Waals surface area contributed by atoms with Gasteiger partial charge >= 0.3 is 0 Å². The van der Waals surface area contributed by atoms with Crippen LogP contribution in [0.25, 0.3) is 10.8 Å². The molecule has 3 rings (SSSR count). The normalized spacial score (nSPS) is 12.2. The first-order valence-electron chi connectivity index (χ1n) is 9.93. The lowest BCUT2D eigenvalue weighted by molar-refractivity contribution is -0.128. The third-order valence-electron chi connectivity index (χ3n) is 5.14. The van der Waals surface area contributed by atoms with Crippen LogP contribution in [0.2, 0.25) is 0 Å². The Morgan fingerprint density at radius 1 is 0.938 bits per heavy atom. The summed E-state index contributed by atoms with van der Waals surface area (Å²) in [7, 11) is -2.44. The zero-order valence-electron chi connectivity index (χ0n) is 18.2. The number of carbonyl (C=O) groups excluding carboxylic acids is 2. The fraction of sp³-hybridized carbons (Fsp3) is 0.217. The van der Waals surface area contributed by atoms with E-state index in [1.165, 1.54) is 13.1 Å². The van der Waals surface area contributed by atoms with Crippen LogP contribution in [-0.4, -0.2) is 33.4 Å². The van der Waals surface area contributed by atoms with E-state index in [-0.39, 0.29) is 10.5 Å². The van der Waals surface area contributed by atoms with Crippen molar-refractivity contribution in [3.8, 4) is 5.75 Å². The molecule has 0 bridgehead atoms. The maximum atomic E-state index is 12.5. The Morgan fingerprint density at radius 3 is 2.31 bits per heavy atom. The summed E-state index contributed by atoms with van der Waals surface area (Å²) in [5, 5.41) is 2.03. The van der Waals surface area contributed by atoms with Gasteiger partial charge < -0.3 is 4.74 Å². The highest BCUT2D eigenvalue weighted by Crippen LogP contribution is 2.22. The summed E-state index contributed by atoms with van der Waals surface area (Å²) in [6.07, 6.45) is -0.878. The van der Waals surface area contributed by atoms with Crippen molar-refractivity contribution in [2.75, 3.05) is 7.05 Å². The second-order valence-electron chi connectivity index (χ2n) is 7.34. The standard InChI is InChI=1S/C23H25N3O5S/c1-14-11-19(13-21(15(14)2)32(29,30)24-4)23(28)26-25-22(27)16(3)31-20-10-9-17-7-5-6-8-18(17)12-20/h5-13,16,24H,1-4H3,(H,25,27)(H,26,28)/t16-/m1/s1. The number of rotatable bonds is 6. The van der Waals surface area contributed by atoms with Crippen molar-refractivity contribution in [2.45, 2.75) is 31.8 Å². The van der Waals surface area contributed by atoms with Crippen LogP contribution < -0.4 is 20.3 Å². The summed E-state index contributed by atoms with van der Waals surface area (Å²) in [5.74, 6) is -0.681. The SMILES string of the molecule is CNS(=O)(=O)c1cc(C(=O)NNC(=O)[C@@H](C)Oc2ccc3ccccc3c2)cc(C)c1C. The topological polar surface area (TPSA) is 114 Å². The number of hydrogen-bond donors (Lipinski definition) is 3. The molecule has 0 saturated carbocycles. The Morgan fingerprint density at radius 2 is 1.62 bits per heavy atom. The number of benzene rings is 3. The fourth-order valence-corrected chi connectivity index (χ4v) is 4.20. The molecule has 0 unspecified atom stereocenters. The predicted octanol–water partition coefficient (Wildman–Crippen LogP) is 2.59. The van der Waals surface area contributed by atoms with Crippen LogP contribution in [0.3, 0.4) is 0 Å². The van der Waals surface area contributed by atoms with Crippen molar-refractivity contribution in [1.29, 1.82) is 0 Å². The van der Waals surface area contributed by atoms with Crippen molar-refractivity contribution in [2.24, 2.45) is 0 Å². The van der Waals surface area contributed by atoms with Crippen LogP contribution in [0.4, 0.5) is 0 Å². The molecule has 168 valence electrons. The lowest BCUT2D eigenvalue weighted by atomic mass is 10.1. The molecule has 0 spiro atoms. The second-order valence-corrected chi connectivity index (χ2v) is 9.19. The Labute approximate surface area is 187 Å². The molecule has 0 heterocycles. The van der Waals surface area contributed by atoms with Crippen LogP contribution in [0, 0.1) is 13.8 Å². The highest BCUT2D eigenvalue weighted by Gasteiger charge is 2.21. The van der Waals surface area contributed by atoms with Gasteiger partial charge in [0.1, 0.15) is 5.75 Å². The zero-order valence-corrected chi connectivity index (χ0v) is 19.0. The van der Waals surface area contributed by atoms with E-state index in [2.05, 4.69) is 15.6 Å². The van der Waals surface area contributed by atoms with Gasteiger partial charge in [0.2, 0.25) is 10.0 Å². The Bertz CT molecular complexity index is 1290. The first kappa shape index (κ1) is 23.2. The lowest BCUT2D eigenvalue weighted by Gasteiger charge is -2.16. The average molecular weight is 456 g/mol. The summed E-state index contributed by atoms with van der Waals surface area (Å²) < 4.78 is 32.4. The minimum atomic E-state index is -3.74. The molecule has 0 aliphatic heterocycles. The van der Waals surface area contributed by atoms with Crippen molar-refractivity contribution in [3.63, 3.8) is 0 Å². The Balaban J connectivity index is 1.66. The molecule has 0 fully saturated rings. The number of amides is 2. The molecule has 32 heavy (non-hydrogen) atoms. The van der Waals surface area contributed by atoms with Crippen molar-refractivity contribution in [1.82, 2.24) is 15.6 Å².